The van der Waals surface area contributed by atoms with Crippen LogP contribution in [-0.2, 0) is 9.53 Å². The molecular formula is C12H16N2O4. The van der Waals surface area contributed by atoms with E-state index in [1.165, 1.54) is 6.07 Å². The third-order valence-electron chi connectivity index (χ3n) is 2.10. The Bertz CT molecular complexity index is 446. The minimum absolute atomic E-state index is 0.0760. The highest BCUT2D eigenvalue weighted by Crippen LogP contribution is 2.22. The summed E-state index contributed by atoms with van der Waals surface area (Å²) in [4.78, 5) is 22.3. The maximum Gasteiger partial charge on any atom is 0.341 e. The summed E-state index contributed by atoms with van der Waals surface area (Å²) < 4.78 is 10.2. The van der Waals surface area contributed by atoms with Gasteiger partial charge in [0.25, 0.3) is 0 Å². The number of nitrogen functional groups attached to an aromatic ring is 1. The van der Waals surface area contributed by atoms with E-state index in [4.69, 9.17) is 20.9 Å². The van der Waals surface area contributed by atoms with E-state index in [2.05, 4.69) is 0 Å². The number of carbonyl (C=O) groups is 2. The fraction of sp³-hybridized carbons (Fsp3) is 0.333. The third kappa shape index (κ3) is 3.97. The standard InChI is InChI=1S/C12H16N2O4/c1-2-17-12(16)9-7-8(13)3-4-10(9)18-6-5-11(14)15/h3-4,7H,2,5-6,13H2,1H3,(H2,14,15). The topological polar surface area (TPSA) is 105 Å². The van der Waals surface area contributed by atoms with Crippen LogP contribution >= 0.6 is 0 Å². The molecule has 4 N–H and O–H groups in total. The van der Waals surface area contributed by atoms with Crippen LogP contribution in [0, 0.1) is 0 Å². The molecule has 0 bridgehead atoms. The molecule has 0 unspecified atom stereocenters. The zero-order chi connectivity index (χ0) is 13.5. The molecule has 6 heteroatoms. The van der Waals surface area contributed by atoms with Crippen molar-refractivity contribution in [1.29, 1.82) is 0 Å². The molecule has 1 amide bonds. The van der Waals surface area contributed by atoms with Crippen molar-refractivity contribution in [2.45, 2.75) is 13.3 Å². The van der Waals surface area contributed by atoms with Crippen LogP contribution in [0.1, 0.15) is 23.7 Å². The monoisotopic (exact) mass is 252 g/mol. The van der Waals surface area contributed by atoms with Crippen LogP contribution in [0.5, 0.6) is 5.75 Å². The van der Waals surface area contributed by atoms with E-state index >= 15 is 0 Å². The molecule has 0 aliphatic rings. The van der Waals surface area contributed by atoms with Gasteiger partial charge in [-0.25, -0.2) is 4.79 Å². The Balaban J connectivity index is 2.82. The molecule has 1 rings (SSSR count). The van der Waals surface area contributed by atoms with Crippen molar-refractivity contribution < 1.29 is 19.1 Å². The Kier molecular flexibility index (Phi) is 4.98. The summed E-state index contributed by atoms with van der Waals surface area (Å²) in [5.74, 6) is -0.661. The second-order valence-corrected chi connectivity index (χ2v) is 3.54. The van der Waals surface area contributed by atoms with E-state index in [0.29, 0.717) is 11.4 Å². The smallest absolute Gasteiger partial charge is 0.341 e. The SMILES string of the molecule is CCOC(=O)c1cc(N)ccc1OCCC(N)=O. The lowest BCUT2D eigenvalue weighted by Crippen LogP contribution is -2.16. The van der Waals surface area contributed by atoms with Crippen molar-refractivity contribution >= 4 is 17.6 Å². The first-order valence-electron chi connectivity index (χ1n) is 5.52. The number of anilines is 1. The Morgan fingerprint density at radius 1 is 1.33 bits per heavy atom. The lowest BCUT2D eigenvalue weighted by molar-refractivity contribution is -0.118. The quantitative estimate of drug-likeness (QED) is 0.572. The van der Waals surface area contributed by atoms with Crippen LogP contribution in [-0.4, -0.2) is 25.1 Å². The molecule has 0 saturated heterocycles. The number of rotatable bonds is 6. The highest BCUT2D eigenvalue weighted by atomic mass is 16.5. The van der Waals surface area contributed by atoms with Gasteiger partial charge in [0.2, 0.25) is 5.91 Å². The number of nitrogens with two attached hydrogens (primary N) is 2. The molecule has 0 atom stereocenters. The number of amides is 1. The summed E-state index contributed by atoms with van der Waals surface area (Å²) in [6.45, 7) is 2.07. The number of benzene rings is 1. The molecule has 1 aromatic carbocycles. The van der Waals surface area contributed by atoms with Gasteiger partial charge in [-0.3, -0.25) is 4.79 Å². The summed E-state index contributed by atoms with van der Waals surface area (Å²) >= 11 is 0. The Labute approximate surface area is 105 Å². The second-order valence-electron chi connectivity index (χ2n) is 3.54. The maximum atomic E-state index is 11.7. The third-order valence-corrected chi connectivity index (χ3v) is 2.10. The lowest BCUT2D eigenvalue weighted by Gasteiger charge is -2.10. The van der Waals surface area contributed by atoms with Gasteiger partial charge in [0.1, 0.15) is 11.3 Å². The number of esters is 1. The van der Waals surface area contributed by atoms with E-state index < -0.39 is 11.9 Å². The first-order chi connectivity index (χ1) is 8.54. The first-order valence-corrected chi connectivity index (χ1v) is 5.52. The molecule has 0 aliphatic carbocycles. The molecule has 98 valence electrons. The van der Waals surface area contributed by atoms with Gasteiger partial charge in [0.15, 0.2) is 0 Å². The molecule has 0 saturated carbocycles. The molecule has 0 heterocycles. The minimum atomic E-state index is -0.515. The van der Waals surface area contributed by atoms with E-state index in [0.717, 1.165) is 0 Å². The number of hydrogen-bond acceptors (Lipinski definition) is 5. The predicted octanol–water partition coefficient (Wildman–Crippen LogP) is 0.700. The van der Waals surface area contributed by atoms with E-state index in [9.17, 15) is 9.59 Å². The molecule has 1 aromatic rings. The van der Waals surface area contributed by atoms with Crippen LogP contribution in [0.3, 0.4) is 0 Å². The van der Waals surface area contributed by atoms with Crippen LogP contribution in [0.4, 0.5) is 5.69 Å². The molecule has 0 fully saturated rings. The Morgan fingerprint density at radius 2 is 2.06 bits per heavy atom. The number of carbonyl (C=O) groups excluding carboxylic acids is 2. The molecule has 18 heavy (non-hydrogen) atoms. The van der Waals surface area contributed by atoms with Crippen molar-refractivity contribution in [3.63, 3.8) is 0 Å². The Morgan fingerprint density at radius 3 is 2.67 bits per heavy atom. The van der Waals surface area contributed by atoms with Gasteiger partial charge < -0.3 is 20.9 Å². The van der Waals surface area contributed by atoms with Crippen LogP contribution in [0.15, 0.2) is 18.2 Å². The fourth-order valence-electron chi connectivity index (χ4n) is 1.30. The Hall–Kier alpha value is -2.24. The van der Waals surface area contributed by atoms with Gasteiger partial charge in [-0.2, -0.15) is 0 Å². The lowest BCUT2D eigenvalue weighted by atomic mass is 10.2. The zero-order valence-corrected chi connectivity index (χ0v) is 10.1. The minimum Gasteiger partial charge on any atom is -0.492 e. The molecule has 0 aromatic heterocycles. The molecule has 0 aliphatic heterocycles. The number of primary amides is 1. The average Bonchev–Trinajstić information content (AvgIpc) is 2.31. The van der Waals surface area contributed by atoms with Gasteiger partial charge in [0.05, 0.1) is 19.6 Å². The van der Waals surface area contributed by atoms with Crippen molar-refractivity contribution in [1.82, 2.24) is 0 Å². The average molecular weight is 252 g/mol. The fourth-order valence-corrected chi connectivity index (χ4v) is 1.30. The van der Waals surface area contributed by atoms with E-state index in [-0.39, 0.29) is 25.2 Å². The highest BCUT2D eigenvalue weighted by molar-refractivity contribution is 5.93. The summed E-state index contributed by atoms with van der Waals surface area (Å²) in [6, 6.07) is 4.63. The van der Waals surface area contributed by atoms with Gasteiger partial charge in [0, 0.05) is 5.69 Å². The molecule has 6 nitrogen and oxygen atoms in total. The predicted molar refractivity (Wildman–Crippen MR) is 66.1 cm³/mol. The van der Waals surface area contributed by atoms with Crippen molar-refractivity contribution in [2.24, 2.45) is 5.73 Å². The van der Waals surface area contributed by atoms with Crippen molar-refractivity contribution in [3.05, 3.63) is 23.8 Å². The van der Waals surface area contributed by atoms with Crippen LogP contribution in [0.25, 0.3) is 0 Å². The molecular weight excluding hydrogens is 236 g/mol. The largest absolute Gasteiger partial charge is 0.492 e. The van der Waals surface area contributed by atoms with Gasteiger partial charge >= 0.3 is 5.97 Å². The maximum absolute atomic E-state index is 11.7. The summed E-state index contributed by atoms with van der Waals surface area (Å²) in [5.41, 5.74) is 11.3. The van der Waals surface area contributed by atoms with E-state index in [1.54, 1.807) is 19.1 Å². The van der Waals surface area contributed by atoms with Gasteiger partial charge in [-0.15, -0.1) is 0 Å². The zero-order valence-electron chi connectivity index (χ0n) is 10.1. The van der Waals surface area contributed by atoms with Crippen molar-refractivity contribution in [2.75, 3.05) is 18.9 Å². The van der Waals surface area contributed by atoms with Crippen LogP contribution < -0.4 is 16.2 Å². The van der Waals surface area contributed by atoms with Gasteiger partial charge in [-0.1, -0.05) is 0 Å². The normalized spacial score (nSPS) is 9.83. The van der Waals surface area contributed by atoms with E-state index in [1.807, 2.05) is 0 Å². The first kappa shape index (κ1) is 13.8. The summed E-state index contributed by atoms with van der Waals surface area (Å²) in [6.07, 6.45) is 0.0760. The van der Waals surface area contributed by atoms with Crippen LogP contribution in [0.2, 0.25) is 0 Å². The van der Waals surface area contributed by atoms with Gasteiger partial charge in [-0.05, 0) is 25.1 Å². The summed E-state index contributed by atoms with van der Waals surface area (Å²) in [7, 11) is 0. The number of ether oxygens (including phenoxy) is 2. The summed E-state index contributed by atoms with van der Waals surface area (Å²) in [5, 5.41) is 0. The second kappa shape index (κ2) is 6.48. The molecule has 0 spiro atoms. The highest BCUT2D eigenvalue weighted by Gasteiger charge is 2.14. The molecule has 0 radical (unpaired) electrons. The van der Waals surface area contributed by atoms with Crippen molar-refractivity contribution in [3.8, 4) is 5.75 Å². The number of hydrogen-bond donors (Lipinski definition) is 2.